The highest BCUT2D eigenvalue weighted by Gasteiger charge is 2.36. The lowest BCUT2D eigenvalue weighted by Crippen LogP contribution is -2.17. The fourth-order valence-corrected chi connectivity index (χ4v) is 14.8. The number of hydrogen-bond donors (Lipinski definition) is 0. The van der Waals surface area contributed by atoms with Crippen LogP contribution < -0.4 is 0 Å². The molecule has 0 fully saturated rings. The summed E-state index contributed by atoms with van der Waals surface area (Å²) in [4.78, 5) is 0. The van der Waals surface area contributed by atoms with Crippen LogP contribution in [0.15, 0.2) is 276 Å². The minimum Gasteiger partial charge on any atom is -0.455 e. The third-order valence-corrected chi connectivity index (χ3v) is 18.4. The summed E-state index contributed by atoms with van der Waals surface area (Å²) in [5.74, 6) is 0. The summed E-state index contributed by atoms with van der Waals surface area (Å²) in [7, 11) is 0. The zero-order valence-electron chi connectivity index (χ0n) is 46.9. The van der Waals surface area contributed by atoms with Gasteiger partial charge in [0.1, 0.15) is 45.6 Å². The van der Waals surface area contributed by atoms with Crippen molar-refractivity contribution in [3.8, 4) is 57.1 Å². The predicted octanol–water partition coefficient (Wildman–Crippen LogP) is 21.0. The molecule has 0 aliphatic heterocycles. The molecule has 8 nitrogen and oxygen atoms in total. The summed E-state index contributed by atoms with van der Waals surface area (Å²) in [5, 5.41) is 37.6. The maximum Gasteiger partial charge on any atom is 0.145 e. The van der Waals surface area contributed by atoms with Crippen molar-refractivity contribution in [2.75, 3.05) is 0 Å². The maximum absolute atomic E-state index is 12.9. The van der Waals surface area contributed by atoms with Gasteiger partial charge in [0, 0.05) is 53.9 Å². The standard InChI is InChI=1S/C80H44N6O2/c81-45-61-75(85-65-31-15-9-27-57(65)73-69(85)41-37-55-53-25-11-17-33-71(53)87-79(55)73)62(46-82)77(84-64-30-14-8-24-52(64)60-44-50(36-40-68(60)84)48-21-5-2-6-22-48)78(76(61)83-63-29-13-7-23-51(63)59-43-49(35-39-67(59)83)47-19-3-1-4-20-47)86-66-32-16-10-28-58(66)74-70(86)42-38-56-54-26-12-18-34-72(54)88-80(56)74/h1-44H. The quantitative estimate of drug-likeness (QED) is 0.166. The lowest BCUT2D eigenvalue weighted by Gasteiger charge is -2.27. The van der Waals surface area contributed by atoms with Crippen molar-refractivity contribution >= 4 is 131 Å². The van der Waals surface area contributed by atoms with E-state index in [1.807, 2.05) is 48.5 Å². The Morgan fingerprint density at radius 3 is 1.00 bits per heavy atom. The molecule has 0 aliphatic carbocycles. The van der Waals surface area contributed by atoms with Crippen molar-refractivity contribution in [1.29, 1.82) is 10.5 Å². The summed E-state index contributed by atoms with van der Waals surface area (Å²) in [6.07, 6.45) is 0. The molecule has 0 aliphatic rings. The zero-order valence-corrected chi connectivity index (χ0v) is 46.9. The van der Waals surface area contributed by atoms with E-state index in [1.54, 1.807) is 0 Å². The highest BCUT2D eigenvalue weighted by molar-refractivity contribution is 6.26. The molecule has 0 amide bonds. The van der Waals surface area contributed by atoms with E-state index in [2.05, 4.69) is 249 Å². The topological polar surface area (TPSA) is 93.6 Å². The number of hydrogen-bond acceptors (Lipinski definition) is 4. The van der Waals surface area contributed by atoms with Crippen molar-refractivity contribution in [2.24, 2.45) is 0 Å². The first-order valence-corrected chi connectivity index (χ1v) is 29.5. The van der Waals surface area contributed by atoms with Gasteiger partial charge in [0.25, 0.3) is 0 Å². The van der Waals surface area contributed by atoms with Crippen molar-refractivity contribution < 1.29 is 8.83 Å². The van der Waals surface area contributed by atoms with E-state index >= 15 is 0 Å². The fourth-order valence-electron chi connectivity index (χ4n) is 14.8. The molecule has 0 unspecified atom stereocenters. The molecule has 6 heterocycles. The largest absolute Gasteiger partial charge is 0.455 e. The van der Waals surface area contributed by atoms with Gasteiger partial charge in [-0.1, -0.05) is 182 Å². The normalized spacial score (nSPS) is 12.1. The van der Waals surface area contributed by atoms with E-state index in [9.17, 15) is 10.5 Å². The minimum atomic E-state index is 0.306. The number of fused-ring (bicyclic) bond motifs is 20. The molecule has 0 spiro atoms. The molecule has 88 heavy (non-hydrogen) atoms. The molecule has 0 saturated heterocycles. The third-order valence-electron chi connectivity index (χ3n) is 18.4. The molecule has 0 saturated carbocycles. The molecule has 0 atom stereocenters. The first-order valence-electron chi connectivity index (χ1n) is 29.5. The summed E-state index contributed by atoms with van der Waals surface area (Å²) >= 11 is 0. The number of para-hydroxylation sites is 6. The number of aromatic nitrogens is 4. The number of furan rings is 2. The van der Waals surface area contributed by atoms with Crippen LogP contribution in [0.25, 0.3) is 176 Å². The smallest absolute Gasteiger partial charge is 0.145 e. The Morgan fingerprint density at radius 2 is 0.568 bits per heavy atom. The molecule has 406 valence electrons. The minimum absolute atomic E-state index is 0.306. The number of rotatable bonds is 6. The van der Waals surface area contributed by atoms with Gasteiger partial charge in [-0.2, -0.15) is 10.5 Å². The summed E-state index contributed by atoms with van der Waals surface area (Å²) in [6.45, 7) is 0. The van der Waals surface area contributed by atoms with Gasteiger partial charge in [0.05, 0.1) is 77.7 Å². The number of nitriles is 2. The van der Waals surface area contributed by atoms with E-state index in [4.69, 9.17) is 8.83 Å². The Morgan fingerprint density at radius 1 is 0.239 bits per heavy atom. The van der Waals surface area contributed by atoms with Gasteiger partial charge in [0.15, 0.2) is 0 Å². The van der Waals surface area contributed by atoms with Crippen LogP contribution in [0.4, 0.5) is 0 Å². The van der Waals surface area contributed by atoms with Gasteiger partial charge in [-0.3, -0.25) is 0 Å². The highest BCUT2D eigenvalue weighted by atomic mass is 16.3. The van der Waals surface area contributed by atoms with Crippen LogP contribution in [-0.4, -0.2) is 18.3 Å². The maximum atomic E-state index is 12.9. The molecule has 6 aromatic heterocycles. The van der Waals surface area contributed by atoms with Crippen molar-refractivity contribution in [1.82, 2.24) is 18.3 Å². The van der Waals surface area contributed by atoms with E-state index < -0.39 is 0 Å². The summed E-state index contributed by atoms with van der Waals surface area (Å²) in [5.41, 5.74) is 17.2. The average Bonchev–Trinajstić information content (AvgIpc) is 1.48. The van der Waals surface area contributed by atoms with Crippen LogP contribution in [-0.2, 0) is 0 Å². The molecular formula is C80H44N6O2. The van der Waals surface area contributed by atoms with Crippen molar-refractivity contribution in [3.05, 3.63) is 278 Å². The Bertz CT molecular complexity index is 6130. The molecule has 0 N–H and O–H groups in total. The van der Waals surface area contributed by atoms with Crippen LogP contribution in [0.2, 0.25) is 0 Å². The van der Waals surface area contributed by atoms with E-state index in [-0.39, 0.29) is 0 Å². The fraction of sp³-hybridized carbons (Fsp3) is 0. The second kappa shape index (κ2) is 18.1. The van der Waals surface area contributed by atoms with Gasteiger partial charge in [0.2, 0.25) is 0 Å². The molecule has 19 aromatic rings. The monoisotopic (exact) mass is 1120 g/mol. The predicted molar refractivity (Wildman–Crippen MR) is 359 cm³/mol. The van der Waals surface area contributed by atoms with Crippen molar-refractivity contribution in [2.45, 2.75) is 0 Å². The first kappa shape index (κ1) is 48.1. The van der Waals surface area contributed by atoms with E-state index in [0.717, 1.165) is 153 Å². The molecule has 0 radical (unpaired) electrons. The van der Waals surface area contributed by atoms with E-state index in [0.29, 0.717) is 33.9 Å². The van der Waals surface area contributed by atoms with Gasteiger partial charge < -0.3 is 27.1 Å². The second-order valence-electron chi connectivity index (χ2n) is 22.8. The Balaban J connectivity index is 1.08. The van der Waals surface area contributed by atoms with Crippen LogP contribution in [0.3, 0.4) is 0 Å². The molecule has 13 aromatic carbocycles. The van der Waals surface area contributed by atoms with Crippen LogP contribution in [0, 0.1) is 22.7 Å². The van der Waals surface area contributed by atoms with Crippen LogP contribution in [0.5, 0.6) is 0 Å². The van der Waals surface area contributed by atoms with Crippen LogP contribution in [0.1, 0.15) is 11.1 Å². The van der Waals surface area contributed by atoms with Gasteiger partial charge in [-0.15, -0.1) is 0 Å². The molecular weight excluding hydrogens is 1080 g/mol. The molecule has 0 bridgehead atoms. The first-order chi connectivity index (χ1) is 43.6. The Kier molecular flexibility index (Phi) is 9.87. The number of benzene rings is 13. The van der Waals surface area contributed by atoms with Crippen molar-refractivity contribution in [3.63, 3.8) is 0 Å². The lowest BCUT2D eigenvalue weighted by atomic mass is 9.98. The van der Waals surface area contributed by atoms with Gasteiger partial charge in [-0.05, 0) is 107 Å². The van der Waals surface area contributed by atoms with Crippen LogP contribution >= 0.6 is 0 Å². The SMILES string of the molecule is N#Cc1c(-n2c3ccccc3c3cc(-c4ccccc4)ccc32)c(-n2c3ccccc3c3c4oc5ccccc5c4ccc32)c(-n2c3ccccc3c3cc(-c4ccccc4)ccc32)c(C#N)c1-n1c2ccccc2c2c3oc4ccccc4c3ccc21. The molecule has 8 heteroatoms. The third kappa shape index (κ3) is 6.44. The van der Waals surface area contributed by atoms with Gasteiger partial charge in [-0.25, -0.2) is 0 Å². The summed E-state index contributed by atoms with van der Waals surface area (Å²) in [6, 6.07) is 98.9. The van der Waals surface area contributed by atoms with E-state index in [1.165, 1.54) is 0 Å². The second-order valence-corrected chi connectivity index (χ2v) is 22.8. The average molecular weight is 1120 g/mol. The molecule has 19 rings (SSSR count). The Hall–Kier alpha value is -12.4. The Labute approximate surface area is 501 Å². The highest BCUT2D eigenvalue weighted by Crippen LogP contribution is 2.51. The zero-order chi connectivity index (χ0) is 57.9. The summed E-state index contributed by atoms with van der Waals surface area (Å²) < 4.78 is 23.0. The lowest BCUT2D eigenvalue weighted by molar-refractivity contribution is 0.672. The van der Waals surface area contributed by atoms with Gasteiger partial charge >= 0.3 is 0 Å². The number of nitrogens with zero attached hydrogens (tertiary/aromatic N) is 6.